The summed E-state index contributed by atoms with van der Waals surface area (Å²) in [6.45, 7) is 6.51. The third-order valence-corrected chi connectivity index (χ3v) is 3.75. The van der Waals surface area contributed by atoms with Crippen LogP contribution in [0.3, 0.4) is 0 Å². The van der Waals surface area contributed by atoms with E-state index in [-0.39, 0.29) is 0 Å². The van der Waals surface area contributed by atoms with Gasteiger partial charge in [-0.25, -0.2) is 15.8 Å². The van der Waals surface area contributed by atoms with Gasteiger partial charge in [-0.3, -0.25) is 0 Å². The van der Waals surface area contributed by atoms with Gasteiger partial charge in [-0.15, -0.1) is 0 Å². The number of rotatable bonds is 3. The van der Waals surface area contributed by atoms with Gasteiger partial charge in [-0.05, 0) is 38.0 Å². The number of nitrogens with zero attached hydrogens (tertiary/aromatic N) is 2. The minimum atomic E-state index is 0.501. The molecule has 0 aliphatic heterocycles. The zero-order valence-electron chi connectivity index (χ0n) is 11.4. The van der Waals surface area contributed by atoms with Crippen LogP contribution in [-0.4, -0.2) is 16.0 Å². The second kappa shape index (κ2) is 5.52. The number of hydrogen-bond acceptors (Lipinski definition) is 5. The maximum Gasteiger partial charge on any atom is 0.145 e. The fourth-order valence-corrected chi connectivity index (χ4v) is 2.79. The number of hydrazine groups is 1. The maximum atomic E-state index is 5.40. The summed E-state index contributed by atoms with van der Waals surface area (Å²) in [6.07, 6.45) is 3.77. The Bertz CT molecular complexity index is 406. The van der Waals surface area contributed by atoms with Crippen molar-refractivity contribution in [3.63, 3.8) is 0 Å². The summed E-state index contributed by atoms with van der Waals surface area (Å²) in [5, 5.41) is 3.52. The topological polar surface area (TPSA) is 75.9 Å². The average molecular weight is 249 g/mol. The van der Waals surface area contributed by atoms with Crippen LogP contribution < -0.4 is 16.6 Å². The highest BCUT2D eigenvalue weighted by atomic mass is 15.3. The van der Waals surface area contributed by atoms with Crippen LogP contribution in [0.1, 0.15) is 38.9 Å². The number of aryl methyl sites for hydroxylation is 1. The minimum Gasteiger partial charge on any atom is -0.367 e. The minimum absolute atomic E-state index is 0.501. The molecular formula is C13H23N5. The van der Waals surface area contributed by atoms with Crippen molar-refractivity contribution in [2.75, 3.05) is 10.7 Å². The van der Waals surface area contributed by atoms with Crippen molar-refractivity contribution in [2.24, 2.45) is 17.7 Å². The Balaban J connectivity index is 2.06. The summed E-state index contributed by atoms with van der Waals surface area (Å²) in [7, 11) is 0. The van der Waals surface area contributed by atoms with Gasteiger partial charge >= 0.3 is 0 Å². The fourth-order valence-electron chi connectivity index (χ4n) is 2.79. The fraction of sp³-hybridized carbons (Fsp3) is 0.692. The van der Waals surface area contributed by atoms with Crippen LogP contribution >= 0.6 is 0 Å². The number of nitrogens with one attached hydrogen (secondary N) is 2. The lowest BCUT2D eigenvalue weighted by atomic mass is 9.80. The van der Waals surface area contributed by atoms with Gasteiger partial charge in [0.15, 0.2) is 0 Å². The Morgan fingerprint density at radius 1 is 1.22 bits per heavy atom. The number of hydrogen-bond donors (Lipinski definition) is 3. The van der Waals surface area contributed by atoms with Gasteiger partial charge in [0.25, 0.3) is 0 Å². The van der Waals surface area contributed by atoms with E-state index in [2.05, 4.69) is 34.6 Å². The first-order chi connectivity index (χ1) is 8.58. The first kappa shape index (κ1) is 13.1. The van der Waals surface area contributed by atoms with Crippen molar-refractivity contribution in [2.45, 2.75) is 46.1 Å². The van der Waals surface area contributed by atoms with Gasteiger partial charge in [0.1, 0.15) is 17.5 Å². The molecular weight excluding hydrogens is 226 g/mol. The molecule has 0 bridgehead atoms. The zero-order chi connectivity index (χ0) is 13.1. The normalized spacial score (nSPS) is 27.9. The monoisotopic (exact) mass is 249 g/mol. The van der Waals surface area contributed by atoms with Crippen LogP contribution in [0.15, 0.2) is 6.07 Å². The summed E-state index contributed by atoms with van der Waals surface area (Å²) >= 11 is 0. The zero-order valence-corrected chi connectivity index (χ0v) is 11.4. The Morgan fingerprint density at radius 2 is 1.94 bits per heavy atom. The SMILES string of the molecule is Cc1nc(NN)cc(NC2CCC(C)CC2C)n1. The molecule has 5 heteroatoms. The van der Waals surface area contributed by atoms with E-state index < -0.39 is 0 Å². The summed E-state index contributed by atoms with van der Waals surface area (Å²) in [5.41, 5.74) is 2.57. The van der Waals surface area contributed by atoms with Gasteiger partial charge in [0, 0.05) is 12.1 Å². The standard InChI is InChI=1S/C13H23N5/c1-8-4-5-11(9(2)6-8)17-12-7-13(18-14)16-10(3)15-12/h7-9,11H,4-6,14H2,1-3H3,(H2,15,16,17,18). The molecule has 4 N–H and O–H groups in total. The van der Waals surface area contributed by atoms with E-state index >= 15 is 0 Å². The number of nitrogens with two attached hydrogens (primary N) is 1. The predicted molar refractivity (Wildman–Crippen MR) is 74.2 cm³/mol. The molecule has 18 heavy (non-hydrogen) atoms. The Labute approximate surface area is 109 Å². The Hall–Kier alpha value is -1.36. The summed E-state index contributed by atoms with van der Waals surface area (Å²) in [4.78, 5) is 8.60. The number of aromatic nitrogens is 2. The molecule has 100 valence electrons. The lowest BCUT2D eigenvalue weighted by molar-refractivity contribution is 0.276. The average Bonchev–Trinajstić information content (AvgIpc) is 2.32. The predicted octanol–water partition coefficient (Wildman–Crippen LogP) is 2.31. The van der Waals surface area contributed by atoms with E-state index in [9.17, 15) is 0 Å². The highest BCUT2D eigenvalue weighted by Crippen LogP contribution is 2.30. The largest absolute Gasteiger partial charge is 0.367 e. The smallest absolute Gasteiger partial charge is 0.145 e. The van der Waals surface area contributed by atoms with Crippen LogP contribution in [0.4, 0.5) is 11.6 Å². The second-order valence-electron chi connectivity index (χ2n) is 5.48. The van der Waals surface area contributed by atoms with Gasteiger partial charge < -0.3 is 10.7 Å². The molecule has 1 heterocycles. The third-order valence-electron chi connectivity index (χ3n) is 3.75. The lowest BCUT2D eigenvalue weighted by Crippen LogP contribution is -2.33. The van der Waals surface area contributed by atoms with Crippen LogP contribution in [0, 0.1) is 18.8 Å². The Kier molecular flexibility index (Phi) is 4.01. The molecule has 3 atom stereocenters. The van der Waals surface area contributed by atoms with Gasteiger partial charge in [-0.2, -0.15) is 0 Å². The molecule has 1 saturated carbocycles. The Morgan fingerprint density at radius 3 is 2.61 bits per heavy atom. The molecule has 0 radical (unpaired) electrons. The van der Waals surface area contributed by atoms with E-state index in [0.717, 1.165) is 17.6 Å². The highest BCUT2D eigenvalue weighted by Gasteiger charge is 2.25. The van der Waals surface area contributed by atoms with Crippen molar-refractivity contribution >= 4 is 11.6 Å². The molecule has 1 aromatic rings. The molecule has 1 aromatic heterocycles. The molecule has 0 amide bonds. The van der Waals surface area contributed by atoms with E-state index in [1.807, 2.05) is 13.0 Å². The summed E-state index contributed by atoms with van der Waals surface area (Å²) in [5.74, 6) is 9.16. The van der Waals surface area contributed by atoms with E-state index in [1.54, 1.807) is 0 Å². The van der Waals surface area contributed by atoms with Crippen LogP contribution in [0.2, 0.25) is 0 Å². The van der Waals surface area contributed by atoms with Gasteiger partial charge in [-0.1, -0.05) is 13.8 Å². The van der Waals surface area contributed by atoms with E-state index in [1.165, 1.54) is 19.3 Å². The molecule has 5 nitrogen and oxygen atoms in total. The van der Waals surface area contributed by atoms with Crippen molar-refractivity contribution in [1.29, 1.82) is 0 Å². The number of nitrogen functional groups attached to an aromatic ring is 1. The summed E-state index contributed by atoms with van der Waals surface area (Å²) in [6, 6.07) is 2.36. The van der Waals surface area contributed by atoms with Crippen molar-refractivity contribution < 1.29 is 0 Å². The van der Waals surface area contributed by atoms with Crippen molar-refractivity contribution in [3.8, 4) is 0 Å². The van der Waals surface area contributed by atoms with Gasteiger partial charge in [0.2, 0.25) is 0 Å². The van der Waals surface area contributed by atoms with Crippen LogP contribution in [-0.2, 0) is 0 Å². The first-order valence-electron chi connectivity index (χ1n) is 6.67. The molecule has 0 spiro atoms. The highest BCUT2D eigenvalue weighted by molar-refractivity contribution is 5.47. The molecule has 1 aliphatic rings. The molecule has 3 unspecified atom stereocenters. The van der Waals surface area contributed by atoms with Crippen LogP contribution in [0.5, 0.6) is 0 Å². The van der Waals surface area contributed by atoms with E-state index in [0.29, 0.717) is 17.8 Å². The quantitative estimate of drug-likeness (QED) is 0.566. The molecule has 1 fully saturated rings. The van der Waals surface area contributed by atoms with E-state index in [4.69, 9.17) is 5.84 Å². The molecule has 2 rings (SSSR count). The van der Waals surface area contributed by atoms with Crippen molar-refractivity contribution in [3.05, 3.63) is 11.9 Å². The number of anilines is 2. The first-order valence-corrected chi connectivity index (χ1v) is 6.67. The molecule has 0 saturated heterocycles. The molecule has 1 aliphatic carbocycles. The summed E-state index contributed by atoms with van der Waals surface area (Å²) < 4.78 is 0. The van der Waals surface area contributed by atoms with Crippen LogP contribution in [0.25, 0.3) is 0 Å². The lowest BCUT2D eigenvalue weighted by Gasteiger charge is -2.33. The molecule has 0 aromatic carbocycles. The maximum absolute atomic E-state index is 5.40. The third kappa shape index (κ3) is 3.10. The second-order valence-corrected chi connectivity index (χ2v) is 5.48. The van der Waals surface area contributed by atoms with Gasteiger partial charge in [0.05, 0.1) is 0 Å². The van der Waals surface area contributed by atoms with Crippen molar-refractivity contribution in [1.82, 2.24) is 9.97 Å².